The topological polar surface area (TPSA) is 12.0 Å². The van der Waals surface area contributed by atoms with Crippen LogP contribution in [0, 0.1) is 17.8 Å². The van der Waals surface area contributed by atoms with Crippen molar-refractivity contribution >= 4 is 0 Å². The normalized spacial score (nSPS) is 39.0. The molecule has 0 radical (unpaired) electrons. The lowest BCUT2D eigenvalue weighted by Crippen LogP contribution is -2.27. The molecular weight excluding hydrogens is 134 g/mol. The van der Waals surface area contributed by atoms with Crippen LogP contribution in [0.1, 0.15) is 32.6 Å². The molecule has 2 aliphatic rings. The standard InChI is InChI=1S/C10H19N/c1-8-6-10(8)7-9-2-4-11-5-3-9/h8-11H,2-7H2,1H3. The maximum atomic E-state index is 3.42. The average Bonchev–Trinajstić information content (AvgIpc) is 2.69. The predicted octanol–water partition coefficient (Wildman–Crippen LogP) is 2.03. The molecule has 1 saturated heterocycles. The second-order valence-electron chi connectivity index (χ2n) is 4.40. The van der Waals surface area contributed by atoms with Crippen molar-refractivity contribution in [3.05, 3.63) is 0 Å². The van der Waals surface area contributed by atoms with E-state index in [2.05, 4.69) is 12.2 Å². The van der Waals surface area contributed by atoms with Gasteiger partial charge < -0.3 is 5.32 Å². The quantitative estimate of drug-likeness (QED) is 0.640. The Kier molecular flexibility index (Phi) is 2.17. The third-order valence-electron chi connectivity index (χ3n) is 3.37. The summed E-state index contributed by atoms with van der Waals surface area (Å²) in [6.07, 6.45) is 5.92. The predicted molar refractivity (Wildman–Crippen MR) is 47.5 cm³/mol. The molecule has 0 aromatic carbocycles. The first-order valence-corrected chi connectivity index (χ1v) is 5.07. The van der Waals surface area contributed by atoms with Gasteiger partial charge in [0.15, 0.2) is 0 Å². The van der Waals surface area contributed by atoms with E-state index in [4.69, 9.17) is 0 Å². The molecule has 0 bridgehead atoms. The molecule has 1 saturated carbocycles. The highest BCUT2D eigenvalue weighted by Crippen LogP contribution is 2.43. The second kappa shape index (κ2) is 3.14. The maximum absolute atomic E-state index is 3.42. The summed E-state index contributed by atoms with van der Waals surface area (Å²) in [4.78, 5) is 0. The van der Waals surface area contributed by atoms with Gasteiger partial charge in [-0.2, -0.15) is 0 Å². The van der Waals surface area contributed by atoms with Crippen LogP contribution in [0.4, 0.5) is 0 Å². The van der Waals surface area contributed by atoms with Gasteiger partial charge in [-0.05, 0) is 56.5 Å². The molecule has 2 fully saturated rings. The molecule has 0 aromatic rings. The van der Waals surface area contributed by atoms with Crippen LogP contribution in [0.5, 0.6) is 0 Å². The summed E-state index contributed by atoms with van der Waals surface area (Å²) < 4.78 is 0. The average molecular weight is 153 g/mol. The molecule has 2 atom stereocenters. The lowest BCUT2D eigenvalue weighted by molar-refractivity contribution is 0.335. The zero-order chi connectivity index (χ0) is 7.68. The molecule has 64 valence electrons. The highest BCUT2D eigenvalue weighted by atomic mass is 14.9. The zero-order valence-electron chi connectivity index (χ0n) is 7.47. The molecule has 1 aliphatic heterocycles. The van der Waals surface area contributed by atoms with Crippen LogP contribution in [-0.2, 0) is 0 Å². The van der Waals surface area contributed by atoms with Crippen LogP contribution in [0.3, 0.4) is 0 Å². The minimum atomic E-state index is 1.06. The number of hydrogen-bond donors (Lipinski definition) is 1. The fourth-order valence-electron chi connectivity index (χ4n) is 2.27. The van der Waals surface area contributed by atoms with Crippen molar-refractivity contribution in [3.8, 4) is 0 Å². The lowest BCUT2D eigenvalue weighted by atomic mass is 9.92. The van der Waals surface area contributed by atoms with Crippen molar-refractivity contribution < 1.29 is 0 Å². The van der Waals surface area contributed by atoms with Gasteiger partial charge in [-0.15, -0.1) is 0 Å². The van der Waals surface area contributed by atoms with Gasteiger partial charge >= 0.3 is 0 Å². The Morgan fingerprint density at radius 3 is 2.45 bits per heavy atom. The van der Waals surface area contributed by atoms with Crippen molar-refractivity contribution in [1.82, 2.24) is 5.32 Å². The maximum Gasteiger partial charge on any atom is -0.00463 e. The summed E-state index contributed by atoms with van der Waals surface area (Å²) in [6.45, 7) is 4.93. The fourth-order valence-corrected chi connectivity index (χ4v) is 2.27. The fraction of sp³-hybridized carbons (Fsp3) is 1.00. The molecule has 0 aromatic heterocycles. The Morgan fingerprint density at radius 2 is 1.91 bits per heavy atom. The minimum absolute atomic E-state index is 1.06. The van der Waals surface area contributed by atoms with E-state index in [0.29, 0.717) is 0 Å². The van der Waals surface area contributed by atoms with E-state index in [1.807, 2.05) is 0 Å². The van der Waals surface area contributed by atoms with Gasteiger partial charge in [0.1, 0.15) is 0 Å². The van der Waals surface area contributed by atoms with E-state index in [9.17, 15) is 0 Å². The zero-order valence-corrected chi connectivity index (χ0v) is 7.47. The van der Waals surface area contributed by atoms with Crippen LogP contribution in [0.25, 0.3) is 0 Å². The molecule has 0 amide bonds. The van der Waals surface area contributed by atoms with E-state index in [1.165, 1.54) is 38.8 Å². The second-order valence-corrected chi connectivity index (χ2v) is 4.40. The van der Waals surface area contributed by atoms with Gasteiger partial charge in [0.05, 0.1) is 0 Å². The molecule has 1 aliphatic carbocycles. The SMILES string of the molecule is CC1CC1CC1CCNCC1. The number of piperidine rings is 1. The summed E-state index contributed by atoms with van der Waals surface area (Å²) in [5.74, 6) is 3.23. The molecule has 11 heavy (non-hydrogen) atoms. The molecule has 1 heteroatoms. The molecule has 1 N–H and O–H groups in total. The third-order valence-corrected chi connectivity index (χ3v) is 3.37. The van der Waals surface area contributed by atoms with Crippen LogP contribution in [0.15, 0.2) is 0 Å². The van der Waals surface area contributed by atoms with Crippen molar-refractivity contribution in [2.75, 3.05) is 13.1 Å². The van der Waals surface area contributed by atoms with Crippen molar-refractivity contribution in [3.63, 3.8) is 0 Å². The Labute approximate surface area is 69.6 Å². The lowest BCUT2D eigenvalue weighted by Gasteiger charge is -2.22. The molecule has 1 heterocycles. The largest absolute Gasteiger partial charge is 0.317 e. The van der Waals surface area contributed by atoms with Gasteiger partial charge in [-0.1, -0.05) is 6.92 Å². The smallest absolute Gasteiger partial charge is 0.00463 e. The molecule has 2 unspecified atom stereocenters. The number of nitrogens with one attached hydrogen (secondary N) is 1. The van der Waals surface area contributed by atoms with Crippen LogP contribution >= 0.6 is 0 Å². The van der Waals surface area contributed by atoms with Crippen molar-refractivity contribution in [1.29, 1.82) is 0 Å². The minimum Gasteiger partial charge on any atom is -0.317 e. The monoisotopic (exact) mass is 153 g/mol. The summed E-state index contributed by atoms with van der Waals surface area (Å²) >= 11 is 0. The van der Waals surface area contributed by atoms with Crippen molar-refractivity contribution in [2.45, 2.75) is 32.6 Å². The molecule has 1 nitrogen and oxygen atoms in total. The first kappa shape index (κ1) is 7.60. The summed E-state index contributed by atoms with van der Waals surface area (Å²) in [5.41, 5.74) is 0. The summed E-state index contributed by atoms with van der Waals surface area (Å²) in [5, 5.41) is 3.42. The molecule has 2 rings (SSSR count). The van der Waals surface area contributed by atoms with Crippen LogP contribution in [-0.4, -0.2) is 13.1 Å². The van der Waals surface area contributed by atoms with Gasteiger partial charge in [0.25, 0.3) is 0 Å². The van der Waals surface area contributed by atoms with Crippen LogP contribution < -0.4 is 5.32 Å². The van der Waals surface area contributed by atoms with E-state index in [-0.39, 0.29) is 0 Å². The first-order chi connectivity index (χ1) is 5.36. The summed E-state index contributed by atoms with van der Waals surface area (Å²) in [7, 11) is 0. The Balaban J connectivity index is 1.68. The Hall–Kier alpha value is -0.0400. The van der Waals surface area contributed by atoms with Crippen molar-refractivity contribution in [2.24, 2.45) is 17.8 Å². The van der Waals surface area contributed by atoms with Gasteiger partial charge in [-0.25, -0.2) is 0 Å². The first-order valence-electron chi connectivity index (χ1n) is 5.07. The van der Waals surface area contributed by atoms with Gasteiger partial charge in [-0.3, -0.25) is 0 Å². The van der Waals surface area contributed by atoms with E-state index < -0.39 is 0 Å². The highest BCUT2D eigenvalue weighted by Gasteiger charge is 2.34. The Morgan fingerprint density at radius 1 is 1.27 bits per heavy atom. The summed E-state index contributed by atoms with van der Waals surface area (Å²) in [6, 6.07) is 0. The van der Waals surface area contributed by atoms with E-state index >= 15 is 0 Å². The number of hydrogen-bond acceptors (Lipinski definition) is 1. The number of rotatable bonds is 2. The van der Waals surface area contributed by atoms with Gasteiger partial charge in [0, 0.05) is 0 Å². The van der Waals surface area contributed by atoms with Crippen LogP contribution in [0.2, 0.25) is 0 Å². The molecule has 0 spiro atoms. The van der Waals surface area contributed by atoms with Gasteiger partial charge in [0.2, 0.25) is 0 Å². The molecular formula is C10H19N. The van der Waals surface area contributed by atoms with E-state index in [1.54, 1.807) is 0 Å². The van der Waals surface area contributed by atoms with E-state index in [0.717, 1.165) is 17.8 Å². The highest BCUT2D eigenvalue weighted by molar-refractivity contribution is 4.85. The Bertz CT molecular complexity index is 127. The third kappa shape index (κ3) is 1.96.